The number of nitrogens with two attached hydrogens (primary N) is 2. The Morgan fingerprint density at radius 2 is 0.667 bits per heavy atom. The van der Waals surface area contributed by atoms with Crippen LogP contribution in [0.15, 0.2) is 0 Å². The van der Waals surface area contributed by atoms with Gasteiger partial charge in [0.05, 0.1) is 24.4 Å². The van der Waals surface area contributed by atoms with Crippen molar-refractivity contribution in [1.82, 2.24) is 84.7 Å². The Morgan fingerprint density at radius 1 is 0.365 bits per heavy atom. The highest BCUT2D eigenvalue weighted by molar-refractivity contribution is 7.80. The predicted octanol–water partition coefficient (Wildman–Crippen LogP) is -6.82. The zero-order valence-electron chi connectivity index (χ0n) is 73.5. The van der Waals surface area contributed by atoms with Crippen LogP contribution in [0.4, 0.5) is 0 Å². The van der Waals surface area contributed by atoms with Gasteiger partial charge in [0.25, 0.3) is 0 Å². The number of hydrogen-bond acceptors (Lipinski definition) is 27. The van der Waals surface area contributed by atoms with Gasteiger partial charge in [0.1, 0.15) is 96.7 Å². The van der Waals surface area contributed by atoms with Crippen LogP contribution < -0.4 is 91.2 Å². The molecule has 1 saturated heterocycles. The lowest BCUT2D eigenvalue weighted by Crippen LogP contribution is -2.63. The molecular formula is C78H132N18O29S. The molecule has 0 aromatic carbocycles. The molecule has 0 radical (unpaired) electrons. The molecule has 21 atom stereocenters. The molecule has 1 aliphatic rings. The Kier molecular flexibility index (Phi) is 50.4. The van der Waals surface area contributed by atoms with Crippen molar-refractivity contribution >= 4 is 137 Å². The Hall–Kier alpha value is -11.0. The van der Waals surface area contributed by atoms with Crippen molar-refractivity contribution in [3.05, 3.63) is 0 Å². The Labute approximate surface area is 734 Å². The average molecular weight is 1820 g/mol. The Balaban J connectivity index is 3.59. The number of hydrogen-bond donors (Lipinski definition) is 26. The number of carboxylic acid groups (broad SMARTS) is 5. The second-order valence-electron chi connectivity index (χ2n) is 32.5. The van der Waals surface area contributed by atoms with Crippen LogP contribution in [0.2, 0.25) is 0 Å². The molecular weight excluding hydrogens is 1690 g/mol. The number of aliphatic hydroxyl groups is 3. The summed E-state index contributed by atoms with van der Waals surface area (Å²) in [5.41, 5.74) is 11.3. The number of carbonyl (C=O) groups is 21. The van der Waals surface area contributed by atoms with Gasteiger partial charge in [-0.25, -0.2) is 4.79 Å². The summed E-state index contributed by atoms with van der Waals surface area (Å²) < 4.78 is 0. The molecule has 0 spiro atoms. The topological polar surface area (TPSA) is 756 Å². The van der Waals surface area contributed by atoms with Crippen molar-refractivity contribution in [2.75, 3.05) is 18.8 Å². The number of aliphatic carboxylic acids is 5. The molecule has 0 saturated carbocycles. The lowest BCUT2D eigenvalue weighted by atomic mass is 9.95. The summed E-state index contributed by atoms with van der Waals surface area (Å²) >= 11 is 3.86. The van der Waals surface area contributed by atoms with Crippen molar-refractivity contribution in [3.8, 4) is 0 Å². The van der Waals surface area contributed by atoms with E-state index in [2.05, 4.69) is 92.4 Å². The van der Waals surface area contributed by atoms with E-state index in [0.717, 1.165) is 25.7 Å². The second-order valence-corrected chi connectivity index (χ2v) is 32.9. The van der Waals surface area contributed by atoms with E-state index >= 15 is 0 Å². The maximum Gasteiger partial charge on any atom is 0.327 e. The van der Waals surface area contributed by atoms with Gasteiger partial charge < -0.3 is 137 Å². The summed E-state index contributed by atoms with van der Waals surface area (Å²) in [6.45, 7) is 20.1. The molecule has 27 N–H and O–H groups in total. The minimum Gasteiger partial charge on any atom is -0.481 e. The minimum absolute atomic E-state index is 0.00713. The van der Waals surface area contributed by atoms with Crippen LogP contribution in [0.5, 0.6) is 0 Å². The molecule has 47 nitrogen and oxygen atoms in total. The largest absolute Gasteiger partial charge is 0.481 e. The van der Waals surface area contributed by atoms with Crippen LogP contribution in [-0.4, -0.2) is 310 Å². The van der Waals surface area contributed by atoms with Crippen molar-refractivity contribution in [3.63, 3.8) is 0 Å². The molecule has 1 heterocycles. The lowest BCUT2D eigenvalue weighted by molar-refractivity contribution is -0.144. The fraction of sp³-hybridized carbons (Fsp3) is 0.731. The molecule has 1 aliphatic heterocycles. The van der Waals surface area contributed by atoms with E-state index in [1.54, 1.807) is 41.5 Å². The molecule has 0 aliphatic carbocycles. The fourth-order valence-electron chi connectivity index (χ4n) is 12.7. The fourth-order valence-corrected chi connectivity index (χ4v) is 12.9. The highest BCUT2D eigenvalue weighted by Crippen LogP contribution is 2.24. The smallest absolute Gasteiger partial charge is 0.327 e. The molecule has 1 rings (SSSR count). The van der Waals surface area contributed by atoms with Gasteiger partial charge in [-0.1, -0.05) is 61.8 Å². The molecule has 0 aromatic rings. The first-order valence-corrected chi connectivity index (χ1v) is 42.3. The third-order valence-corrected chi connectivity index (χ3v) is 20.5. The minimum atomic E-state index is -2.02. The predicted molar refractivity (Wildman–Crippen MR) is 449 cm³/mol. The number of amides is 16. The van der Waals surface area contributed by atoms with Gasteiger partial charge in [-0.2, -0.15) is 12.6 Å². The molecule has 126 heavy (non-hydrogen) atoms. The van der Waals surface area contributed by atoms with Gasteiger partial charge in [0, 0.05) is 38.0 Å². The number of likely N-dealkylation sites (tertiary alicyclic amines) is 1. The van der Waals surface area contributed by atoms with Crippen molar-refractivity contribution < 1.29 is 142 Å². The number of nitrogens with one attached hydrogen (secondary N) is 15. The number of thiol groups is 1. The number of carbonyl (C=O) groups excluding carboxylic acids is 16. The number of aliphatic hydroxyl groups excluding tert-OH is 3. The molecule has 0 unspecified atom stereocenters. The highest BCUT2D eigenvalue weighted by atomic mass is 32.1. The van der Waals surface area contributed by atoms with Gasteiger partial charge in [0.15, 0.2) is 0 Å². The Bertz CT molecular complexity index is 3780. The Morgan fingerprint density at radius 3 is 1.00 bits per heavy atom. The quantitative estimate of drug-likeness (QED) is 0.0199. The van der Waals surface area contributed by atoms with E-state index in [4.69, 9.17) is 11.5 Å². The first kappa shape index (κ1) is 113. The molecule has 714 valence electrons. The first-order valence-electron chi connectivity index (χ1n) is 41.7. The number of rotatable bonds is 59. The normalized spacial score (nSPS) is 17.3. The third kappa shape index (κ3) is 40.1. The van der Waals surface area contributed by atoms with E-state index in [0.29, 0.717) is 12.8 Å². The van der Waals surface area contributed by atoms with Gasteiger partial charge >= 0.3 is 29.8 Å². The van der Waals surface area contributed by atoms with Gasteiger partial charge in [-0.3, -0.25) is 95.9 Å². The number of nitrogens with zero attached hydrogens (tertiary/aromatic N) is 1. The van der Waals surface area contributed by atoms with Gasteiger partial charge in [-0.05, 0) is 142 Å². The van der Waals surface area contributed by atoms with Crippen molar-refractivity contribution in [1.29, 1.82) is 0 Å². The van der Waals surface area contributed by atoms with Gasteiger partial charge in [-0.15, -0.1) is 0 Å². The number of carboxylic acids is 5. The first-order chi connectivity index (χ1) is 58.6. The molecule has 0 aromatic heterocycles. The lowest BCUT2D eigenvalue weighted by Gasteiger charge is -2.34. The summed E-state index contributed by atoms with van der Waals surface area (Å²) in [6.07, 6.45) is -10.1. The summed E-state index contributed by atoms with van der Waals surface area (Å²) in [5, 5.41) is 116. The zero-order valence-corrected chi connectivity index (χ0v) is 74.4. The summed E-state index contributed by atoms with van der Waals surface area (Å²) in [4.78, 5) is 283. The van der Waals surface area contributed by atoms with E-state index in [9.17, 15) is 142 Å². The van der Waals surface area contributed by atoms with Crippen LogP contribution in [0.1, 0.15) is 200 Å². The van der Waals surface area contributed by atoms with Crippen LogP contribution in [-0.2, 0) is 101 Å². The monoisotopic (exact) mass is 1820 g/mol. The molecule has 0 bridgehead atoms. The van der Waals surface area contributed by atoms with Crippen LogP contribution in [0, 0.1) is 23.7 Å². The van der Waals surface area contributed by atoms with E-state index in [1.165, 1.54) is 34.6 Å². The summed E-state index contributed by atoms with van der Waals surface area (Å²) in [5.74, 6) is -27.2. The van der Waals surface area contributed by atoms with E-state index in [1.807, 2.05) is 0 Å². The third-order valence-electron chi connectivity index (χ3n) is 20.1. The summed E-state index contributed by atoms with van der Waals surface area (Å²) in [6, 6.07) is -27.3. The average Bonchev–Trinajstić information content (AvgIpc) is 1.69. The van der Waals surface area contributed by atoms with Crippen LogP contribution in [0.25, 0.3) is 0 Å². The van der Waals surface area contributed by atoms with E-state index < -0.39 is 320 Å². The van der Waals surface area contributed by atoms with Gasteiger partial charge in [0.2, 0.25) is 94.5 Å². The van der Waals surface area contributed by atoms with Crippen molar-refractivity contribution in [2.24, 2.45) is 35.1 Å². The maximum atomic E-state index is 14.9. The van der Waals surface area contributed by atoms with Crippen LogP contribution >= 0.6 is 12.6 Å². The molecule has 1 fully saturated rings. The van der Waals surface area contributed by atoms with E-state index in [-0.39, 0.29) is 57.5 Å². The number of unbranched alkanes of at least 4 members (excludes halogenated alkanes) is 1. The zero-order chi connectivity index (χ0) is 96.6. The van der Waals surface area contributed by atoms with Crippen molar-refractivity contribution in [2.45, 2.75) is 321 Å². The highest BCUT2D eigenvalue weighted by Gasteiger charge is 2.44. The SMILES string of the molecule is CC[C@H](C)[C@H](NC(=O)[C@@H](NC(=O)[C@H](CCC(=O)O)NC(=O)[C@@H](NC(=O)[C@H](CC(C)C)NC(=O)[C@H](C)NC(=O)[C@H](CCCCN)NC(=O)[C@@H](NC(=O)[C@H](C)N)[C@@H](C)O)[C@@H](C)O)C(C)C)C(=O)N1CCC[C@H]1C(=O)N[C@@H](CC(C)C)C(=O)N[C@H](C(=O)N[C@@H](CCC(=O)O)C(=O)N[C@@H](CCC(=O)O)C(=O)N[C@@H](C)C(=O)N[C@@H](CCC(=O)O)C(=O)N[C@@H](CS)C(=O)O)[C@@H](C)O. The second kappa shape index (κ2) is 56.2. The summed E-state index contributed by atoms with van der Waals surface area (Å²) in [7, 11) is 0. The molecule has 16 amide bonds. The maximum absolute atomic E-state index is 14.9. The molecule has 48 heteroatoms. The standard InChI is InChI=1S/C78H132N18O29S/c1-15-37(8)58(92-73(119)57(36(6)7)91-69(115)48(24-28-56(106)107)87-76(122)61(43(14)99)94-70(116)49(31-34(2)3)88-64(110)40(11)81-65(111)44(19-16-17-29-79)85-74(120)59(41(12)97)93-62(108)38(9)80)77(123)96-30-18-20-52(96)72(118)89-50(32-35(4)5)71(117)95-60(42(13)98)75(121)86-47(23-27-55(104)105)67(113)84-45(21-25-53(100)101)66(112)82-39(10)63(109)83-46(22-26-54(102)103)68(114)90-51(33-126)78(124)125/h34-52,57-61,97-99,126H,15-33,79-80H2,1-14H3,(H,81,111)(H,82,112)(H,83,109)(H,84,113)(H,85,120)(H,86,121)(H,87,122)(H,88,110)(H,89,118)(H,90,114)(H,91,115)(H,92,119)(H,93,108)(H,94,116)(H,95,117)(H,100,101)(H,102,103)(H,104,105)(H,106,107)(H,124,125)/t37-,38-,39-,40-,41+,42+,43+,44-,45-,46-,47-,48-,49-,50-,51-,52-,57-,58-,59-,60-,61-/m0/s1. The van der Waals surface area contributed by atoms with Crippen LogP contribution in [0.3, 0.4) is 0 Å².